The Labute approximate surface area is 172 Å². The molecular formula is C19H14F3N5O2S. The zero-order chi connectivity index (χ0) is 21.3. The second-order valence-corrected chi connectivity index (χ2v) is 7.37. The fraction of sp³-hybridized carbons (Fsp3) is 0.158. The van der Waals surface area contributed by atoms with Crippen molar-refractivity contribution in [3.05, 3.63) is 60.7 Å². The average Bonchev–Trinajstić information content (AvgIpc) is 3.24. The smallest absolute Gasteiger partial charge is 0.323 e. The van der Waals surface area contributed by atoms with Crippen LogP contribution in [0.3, 0.4) is 0 Å². The number of halogens is 3. The van der Waals surface area contributed by atoms with Crippen LogP contribution in [0.2, 0.25) is 0 Å². The summed E-state index contributed by atoms with van der Waals surface area (Å²) >= 11 is 1.37. The second kappa shape index (κ2) is 7.82. The quantitative estimate of drug-likeness (QED) is 0.683. The minimum atomic E-state index is -4.58. The van der Waals surface area contributed by atoms with E-state index in [1.165, 1.54) is 40.1 Å². The lowest BCUT2D eigenvalue weighted by atomic mass is 10.1. The zero-order valence-corrected chi connectivity index (χ0v) is 16.1. The number of hydrogen-bond acceptors (Lipinski definition) is 5. The van der Waals surface area contributed by atoms with Crippen LogP contribution in [-0.4, -0.2) is 38.9 Å². The van der Waals surface area contributed by atoms with Gasteiger partial charge in [-0.3, -0.25) is 9.59 Å². The standard InChI is InChI=1S/C19H14F3N5O2S/c20-19(21,22)12-5-6-14(27-11-23-10-24-27)13(7-12)25-17(28)8-26-15-3-1-2-4-16(15)30-9-18(26)29/h1-7,10-11H,8-9H2,(H,25,28). The van der Waals surface area contributed by atoms with Crippen molar-refractivity contribution in [1.29, 1.82) is 0 Å². The SMILES string of the molecule is O=C(CN1C(=O)CSc2ccccc21)Nc1cc(C(F)(F)F)ccc1-n1cncn1. The van der Waals surface area contributed by atoms with Gasteiger partial charge < -0.3 is 10.2 Å². The first-order chi connectivity index (χ1) is 14.3. The first-order valence-corrected chi connectivity index (χ1v) is 9.70. The Morgan fingerprint density at radius 2 is 1.97 bits per heavy atom. The van der Waals surface area contributed by atoms with E-state index >= 15 is 0 Å². The number of amides is 2. The molecular weight excluding hydrogens is 419 g/mol. The van der Waals surface area contributed by atoms with E-state index in [9.17, 15) is 22.8 Å². The topological polar surface area (TPSA) is 80.1 Å². The monoisotopic (exact) mass is 433 g/mol. The molecule has 2 aromatic carbocycles. The van der Waals surface area contributed by atoms with Crippen LogP contribution in [0.4, 0.5) is 24.5 Å². The third-order valence-corrected chi connectivity index (χ3v) is 5.42. The molecule has 0 fully saturated rings. The first kappa shape index (κ1) is 20.0. The van der Waals surface area contributed by atoms with E-state index in [2.05, 4.69) is 15.4 Å². The molecule has 0 unspecified atom stereocenters. The van der Waals surface area contributed by atoms with Gasteiger partial charge in [0.2, 0.25) is 11.8 Å². The highest BCUT2D eigenvalue weighted by Gasteiger charge is 2.32. The Morgan fingerprint density at radius 1 is 1.17 bits per heavy atom. The summed E-state index contributed by atoms with van der Waals surface area (Å²) in [7, 11) is 0. The van der Waals surface area contributed by atoms with E-state index in [1.807, 2.05) is 12.1 Å². The lowest BCUT2D eigenvalue weighted by Gasteiger charge is -2.28. The lowest BCUT2D eigenvalue weighted by Crippen LogP contribution is -2.41. The van der Waals surface area contributed by atoms with Crippen LogP contribution >= 0.6 is 11.8 Å². The number of hydrogen-bond donors (Lipinski definition) is 1. The molecule has 0 atom stereocenters. The van der Waals surface area contributed by atoms with Crippen LogP contribution in [0.15, 0.2) is 60.0 Å². The van der Waals surface area contributed by atoms with Crippen molar-refractivity contribution in [2.24, 2.45) is 0 Å². The van der Waals surface area contributed by atoms with Gasteiger partial charge in [-0.15, -0.1) is 11.8 Å². The molecule has 2 amide bonds. The van der Waals surface area contributed by atoms with Crippen molar-refractivity contribution in [2.75, 3.05) is 22.5 Å². The third kappa shape index (κ3) is 4.01. The Hall–Kier alpha value is -3.34. The van der Waals surface area contributed by atoms with Crippen molar-refractivity contribution in [3.63, 3.8) is 0 Å². The highest BCUT2D eigenvalue weighted by atomic mass is 32.2. The molecule has 154 valence electrons. The summed E-state index contributed by atoms with van der Waals surface area (Å²) in [6.45, 7) is -0.330. The maximum atomic E-state index is 13.2. The van der Waals surface area contributed by atoms with Crippen LogP contribution in [0.1, 0.15) is 5.56 Å². The Kier molecular flexibility index (Phi) is 5.20. The van der Waals surface area contributed by atoms with Gasteiger partial charge in [-0.25, -0.2) is 9.67 Å². The van der Waals surface area contributed by atoms with Crippen molar-refractivity contribution in [3.8, 4) is 5.69 Å². The van der Waals surface area contributed by atoms with Crippen molar-refractivity contribution in [1.82, 2.24) is 14.8 Å². The minimum absolute atomic E-state index is 0.0903. The molecule has 3 aromatic rings. The number of carbonyl (C=O) groups excluding carboxylic acids is 2. The molecule has 1 N–H and O–H groups in total. The number of carbonyl (C=O) groups is 2. The van der Waals surface area contributed by atoms with Crippen molar-refractivity contribution in [2.45, 2.75) is 11.1 Å². The number of aromatic nitrogens is 3. The maximum Gasteiger partial charge on any atom is 0.416 e. The highest BCUT2D eigenvalue weighted by molar-refractivity contribution is 8.00. The molecule has 30 heavy (non-hydrogen) atoms. The summed E-state index contributed by atoms with van der Waals surface area (Å²) in [6, 6.07) is 10.1. The molecule has 7 nitrogen and oxygen atoms in total. The highest BCUT2D eigenvalue weighted by Crippen LogP contribution is 2.35. The van der Waals surface area contributed by atoms with Crippen LogP contribution in [0.25, 0.3) is 5.69 Å². The van der Waals surface area contributed by atoms with Crippen LogP contribution < -0.4 is 10.2 Å². The van der Waals surface area contributed by atoms with E-state index in [0.29, 0.717) is 5.69 Å². The van der Waals surface area contributed by atoms with Crippen molar-refractivity contribution < 1.29 is 22.8 Å². The molecule has 0 aliphatic carbocycles. The number of anilines is 2. The lowest BCUT2D eigenvalue weighted by molar-refractivity contribution is -0.137. The number of nitrogens with one attached hydrogen (secondary N) is 1. The van der Waals surface area contributed by atoms with E-state index in [1.54, 1.807) is 12.1 Å². The zero-order valence-electron chi connectivity index (χ0n) is 15.3. The summed E-state index contributed by atoms with van der Waals surface area (Å²) in [5, 5.41) is 6.39. The van der Waals surface area contributed by atoms with Gasteiger partial charge in [0.05, 0.1) is 28.4 Å². The van der Waals surface area contributed by atoms with Crippen molar-refractivity contribution >= 4 is 35.0 Å². The number of alkyl halides is 3. The largest absolute Gasteiger partial charge is 0.416 e. The maximum absolute atomic E-state index is 13.2. The van der Waals surface area contributed by atoms with Gasteiger partial charge in [-0.05, 0) is 30.3 Å². The number of nitrogens with zero attached hydrogens (tertiary/aromatic N) is 4. The summed E-state index contributed by atoms with van der Waals surface area (Å²) in [5.74, 6) is -0.710. The predicted octanol–water partition coefficient (Wildman–Crippen LogP) is 3.36. The second-order valence-electron chi connectivity index (χ2n) is 6.35. The minimum Gasteiger partial charge on any atom is -0.323 e. The van der Waals surface area contributed by atoms with Gasteiger partial charge >= 0.3 is 6.18 Å². The average molecular weight is 433 g/mol. The van der Waals surface area contributed by atoms with E-state index < -0.39 is 17.6 Å². The van der Waals surface area contributed by atoms with Crippen LogP contribution in [0.5, 0.6) is 0 Å². The Morgan fingerprint density at radius 3 is 2.70 bits per heavy atom. The summed E-state index contributed by atoms with van der Waals surface area (Å²) < 4.78 is 40.7. The van der Waals surface area contributed by atoms with Gasteiger partial charge in [-0.2, -0.15) is 18.3 Å². The van der Waals surface area contributed by atoms with Crippen LogP contribution in [-0.2, 0) is 15.8 Å². The van der Waals surface area contributed by atoms with Gasteiger partial charge in [0.25, 0.3) is 0 Å². The fourth-order valence-electron chi connectivity index (χ4n) is 3.01. The summed E-state index contributed by atoms with van der Waals surface area (Å²) in [4.78, 5) is 31.0. The van der Waals surface area contributed by atoms with Gasteiger partial charge in [-0.1, -0.05) is 12.1 Å². The number of fused-ring (bicyclic) bond motifs is 1. The van der Waals surface area contributed by atoms with E-state index in [4.69, 9.17) is 0 Å². The molecule has 1 aromatic heterocycles. The molecule has 1 aliphatic rings. The molecule has 0 bridgehead atoms. The molecule has 0 saturated heterocycles. The molecule has 11 heteroatoms. The van der Waals surface area contributed by atoms with Gasteiger partial charge in [0.15, 0.2) is 0 Å². The number of benzene rings is 2. The number of para-hydroxylation sites is 1. The normalized spacial score (nSPS) is 13.8. The molecule has 1 aliphatic heterocycles. The Balaban J connectivity index is 1.62. The number of thioether (sulfide) groups is 1. The molecule has 0 spiro atoms. The summed E-state index contributed by atoms with van der Waals surface area (Å²) in [5.41, 5.74) is -0.200. The van der Waals surface area contributed by atoms with E-state index in [-0.39, 0.29) is 29.6 Å². The number of rotatable bonds is 4. The first-order valence-electron chi connectivity index (χ1n) is 8.71. The molecule has 4 rings (SSSR count). The van der Waals surface area contributed by atoms with Gasteiger partial charge in [0.1, 0.15) is 19.2 Å². The molecule has 0 radical (unpaired) electrons. The van der Waals surface area contributed by atoms with E-state index in [0.717, 1.165) is 17.0 Å². The van der Waals surface area contributed by atoms with Gasteiger partial charge in [0, 0.05) is 4.90 Å². The van der Waals surface area contributed by atoms with Crippen LogP contribution in [0, 0.1) is 0 Å². The molecule has 0 saturated carbocycles. The summed E-state index contributed by atoms with van der Waals surface area (Å²) in [6.07, 6.45) is -2.05. The fourth-order valence-corrected chi connectivity index (χ4v) is 3.94. The third-order valence-electron chi connectivity index (χ3n) is 4.37. The predicted molar refractivity (Wildman–Crippen MR) is 105 cm³/mol. The molecule has 2 heterocycles. The Bertz CT molecular complexity index is 1100.